The summed E-state index contributed by atoms with van der Waals surface area (Å²) in [5, 5.41) is 0. The molecule has 0 spiro atoms. The summed E-state index contributed by atoms with van der Waals surface area (Å²) < 4.78 is 31.7. The number of hydrogen-bond donors (Lipinski definition) is 1. The van der Waals surface area contributed by atoms with E-state index in [4.69, 9.17) is 10.5 Å². The average molecular weight is 284 g/mol. The van der Waals surface area contributed by atoms with E-state index in [1.165, 1.54) is 0 Å². The van der Waals surface area contributed by atoms with Gasteiger partial charge in [-0.2, -0.15) is 4.31 Å². The molecule has 1 unspecified atom stereocenters. The van der Waals surface area contributed by atoms with E-state index >= 15 is 0 Å². The molecule has 1 fully saturated rings. The van der Waals surface area contributed by atoms with Crippen molar-refractivity contribution in [2.45, 2.75) is 24.8 Å². The Hall–Kier alpha value is -1.11. The Morgan fingerprint density at radius 1 is 1.47 bits per heavy atom. The highest BCUT2D eigenvalue weighted by Gasteiger charge is 2.30. The van der Waals surface area contributed by atoms with Crippen molar-refractivity contribution in [3.8, 4) is 5.75 Å². The van der Waals surface area contributed by atoms with Gasteiger partial charge < -0.3 is 10.5 Å². The topological polar surface area (TPSA) is 72.6 Å². The van der Waals surface area contributed by atoms with E-state index in [0.29, 0.717) is 35.2 Å². The largest absolute Gasteiger partial charge is 0.496 e. The summed E-state index contributed by atoms with van der Waals surface area (Å²) in [6, 6.07) is 4.85. The quantitative estimate of drug-likeness (QED) is 0.901. The maximum Gasteiger partial charge on any atom is 0.243 e. The molecule has 6 heteroatoms. The second-order valence-corrected chi connectivity index (χ2v) is 6.87. The predicted octanol–water partition coefficient (Wildman–Crippen LogP) is 1.18. The summed E-state index contributed by atoms with van der Waals surface area (Å²) in [6.07, 6.45) is 0.916. The van der Waals surface area contributed by atoms with Gasteiger partial charge >= 0.3 is 0 Å². The lowest BCUT2D eigenvalue weighted by Crippen LogP contribution is -2.28. The van der Waals surface area contributed by atoms with Crippen LogP contribution in [0.4, 0.5) is 0 Å². The Morgan fingerprint density at radius 2 is 2.21 bits per heavy atom. The molecule has 1 saturated heterocycles. The van der Waals surface area contributed by atoms with Crippen LogP contribution in [0.25, 0.3) is 0 Å². The number of rotatable bonds is 4. The molecule has 2 rings (SSSR count). The highest BCUT2D eigenvalue weighted by atomic mass is 32.2. The first kappa shape index (κ1) is 14.3. The molecule has 2 N–H and O–H groups in total. The number of methoxy groups -OCH3 is 1. The monoisotopic (exact) mass is 284 g/mol. The molecule has 5 nitrogen and oxygen atoms in total. The smallest absolute Gasteiger partial charge is 0.243 e. The average Bonchev–Trinajstić information content (AvgIpc) is 2.85. The van der Waals surface area contributed by atoms with Gasteiger partial charge in [0.05, 0.1) is 12.0 Å². The van der Waals surface area contributed by atoms with Crippen molar-refractivity contribution in [1.82, 2.24) is 4.31 Å². The normalized spacial score (nSPS) is 20.7. The van der Waals surface area contributed by atoms with Gasteiger partial charge in [-0.25, -0.2) is 8.42 Å². The molecule has 0 saturated carbocycles. The molecule has 1 aliphatic rings. The molecule has 0 radical (unpaired) electrons. The number of ether oxygens (including phenoxy) is 1. The van der Waals surface area contributed by atoms with Crippen molar-refractivity contribution in [3.05, 3.63) is 23.8 Å². The molecule has 1 aromatic carbocycles. The van der Waals surface area contributed by atoms with Crippen LogP contribution in [0.15, 0.2) is 23.1 Å². The number of sulfonamides is 1. The van der Waals surface area contributed by atoms with Gasteiger partial charge in [0.1, 0.15) is 5.75 Å². The summed E-state index contributed by atoms with van der Waals surface area (Å²) in [6.45, 7) is 3.50. The summed E-state index contributed by atoms with van der Waals surface area (Å²) in [4.78, 5) is 0.294. The minimum absolute atomic E-state index is 0.253. The van der Waals surface area contributed by atoms with Crippen LogP contribution in [0.3, 0.4) is 0 Å². The van der Waals surface area contributed by atoms with Crippen molar-refractivity contribution in [1.29, 1.82) is 0 Å². The molecular formula is C13H20N2O3S. The van der Waals surface area contributed by atoms with Crippen molar-refractivity contribution in [2.24, 2.45) is 11.7 Å². The minimum atomic E-state index is -3.41. The van der Waals surface area contributed by atoms with Crippen molar-refractivity contribution < 1.29 is 13.2 Å². The lowest BCUT2D eigenvalue weighted by Gasteiger charge is -2.17. The molecular weight excluding hydrogens is 264 g/mol. The first-order chi connectivity index (χ1) is 8.98. The third kappa shape index (κ3) is 2.75. The van der Waals surface area contributed by atoms with Crippen LogP contribution >= 0.6 is 0 Å². The van der Waals surface area contributed by atoms with Crippen molar-refractivity contribution in [3.63, 3.8) is 0 Å². The minimum Gasteiger partial charge on any atom is -0.496 e. The lowest BCUT2D eigenvalue weighted by molar-refractivity contribution is 0.409. The zero-order valence-corrected chi connectivity index (χ0v) is 12.1. The van der Waals surface area contributed by atoms with Gasteiger partial charge in [0.15, 0.2) is 0 Å². The molecule has 1 atom stereocenters. The van der Waals surface area contributed by atoms with E-state index in [9.17, 15) is 8.42 Å². The first-order valence-electron chi connectivity index (χ1n) is 6.36. The SMILES string of the molecule is COc1ccc(S(=O)(=O)N2CCC(C)C2)cc1CN. The summed E-state index contributed by atoms with van der Waals surface area (Å²) >= 11 is 0. The standard InChI is InChI=1S/C13H20N2O3S/c1-10-5-6-15(9-10)19(16,17)12-3-4-13(18-2)11(7-12)8-14/h3-4,7,10H,5-6,8-9,14H2,1-2H3. The summed E-state index contributed by atoms with van der Waals surface area (Å²) in [7, 11) is -1.86. The number of benzene rings is 1. The first-order valence-corrected chi connectivity index (χ1v) is 7.80. The third-order valence-electron chi connectivity index (χ3n) is 3.50. The lowest BCUT2D eigenvalue weighted by atomic mass is 10.2. The maximum atomic E-state index is 12.5. The fourth-order valence-electron chi connectivity index (χ4n) is 2.34. The zero-order valence-electron chi connectivity index (χ0n) is 11.3. The fraction of sp³-hybridized carbons (Fsp3) is 0.538. The van der Waals surface area contributed by atoms with Crippen LogP contribution in [0, 0.1) is 5.92 Å². The van der Waals surface area contributed by atoms with Crippen LogP contribution < -0.4 is 10.5 Å². The van der Waals surface area contributed by atoms with E-state index in [2.05, 4.69) is 6.92 Å². The third-order valence-corrected chi connectivity index (χ3v) is 5.36. The molecule has 1 heterocycles. The van der Waals surface area contributed by atoms with Gasteiger partial charge in [0.2, 0.25) is 10.0 Å². The van der Waals surface area contributed by atoms with E-state index in [-0.39, 0.29) is 6.54 Å². The van der Waals surface area contributed by atoms with Crippen molar-refractivity contribution in [2.75, 3.05) is 20.2 Å². The molecule has 106 valence electrons. The molecule has 1 aliphatic heterocycles. The molecule has 1 aromatic rings. The Bertz CT molecular complexity index is 557. The highest BCUT2D eigenvalue weighted by molar-refractivity contribution is 7.89. The van der Waals surface area contributed by atoms with Gasteiger partial charge in [-0.3, -0.25) is 0 Å². The molecule has 19 heavy (non-hydrogen) atoms. The van der Waals surface area contributed by atoms with Crippen LogP contribution in [0.1, 0.15) is 18.9 Å². The van der Waals surface area contributed by atoms with Crippen LogP contribution in [0.2, 0.25) is 0 Å². The number of nitrogens with zero attached hydrogens (tertiary/aromatic N) is 1. The predicted molar refractivity (Wildman–Crippen MR) is 73.4 cm³/mol. The highest BCUT2D eigenvalue weighted by Crippen LogP contribution is 2.27. The van der Waals surface area contributed by atoms with E-state index in [1.54, 1.807) is 29.6 Å². The van der Waals surface area contributed by atoms with Crippen LogP contribution in [-0.2, 0) is 16.6 Å². The molecule has 0 aliphatic carbocycles. The second kappa shape index (κ2) is 5.48. The Balaban J connectivity index is 2.35. The van der Waals surface area contributed by atoms with Gasteiger partial charge in [0.25, 0.3) is 0 Å². The van der Waals surface area contributed by atoms with Crippen molar-refractivity contribution >= 4 is 10.0 Å². The summed E-state index contributed by atoms with van der Waals surface area (Å²) in [5.74, 6) is 1.04. The zero-order chi connectivity index (χ0) is 14.0. The van der Waals surface area contributed by atoms with Gasteiger partial charge in [-0.15, -0.1) is 0 Å². The van der Waals surface area contributed by atoms with E-state index in [1.807, 2.05) is 0 Å². The molecule has 0 bridgehead atoms. The molecule has 0 amide bonds. The van der Waals surface area contributed by atoms with Crippen LogP contribution in [-0.4, -0.2) is 32.9 Å². The van der Waals surface area contributed by atoms with Crippen LogP contribution in [0.5, 0.6) is 5.75 Å². The number of hydrogen-bond acceptors (Lipinski definition) is 4. The Labute approximate surface area is 114 Å². The Kier molecular flexibility index (Phi) is 4.13. The fourth-order valence-corrected chi connectivity index (χ4v) is 3.96. The number of nitrogens with two attached hydrogens (primary N) is 1. The second-order valence-electron chi connectivity index (χ2n) is 4.93. The molecule has 0 aromatic heterocycles. The van der Waals surface area contributed by atoms with Gasteiger partial charge in [-0.1, -0.05) is 6.92 Å². The summed E-state index contributed by atoms with van der Waals surface area (Å²) in [5.41, 5.74) is 6.33. The van der Waals surface area contributed by atoms with E-state index < -0.39 is 10.0 Å². The Morgan fingerprint density at radius 3 is 2.74 bits per heavy atom. The van der Waals surface area contributed by atoms with Gasteiger partial charge in [0, 0.05) is 25.2 Å². The van der Waals surface area contributed by atoms with Gasteiger partial charge in [-0.05, 0) is 30.5 Å². The maximum absolute atomic E-state index is 12.5. The van der Waals surface area contributed by atoms with E-state index in [0.717, 1.165) is 6.42 Å².